The molecule has 3 rings (SSSR count). The fourth-order valence-corrected chi connectivity index (χ4v) is 3.20. The third kappa shape index (κ3) is 3.72. The largest absolute Gasteiger partial charge is 0.382 e. The zero-order valence-corrected chi connectivity index (χ0v) is 13.8. The summed E-state index contributed by atoms with van der Waals surface area (Å²) in [4.78, 5) is 28.3. The molecule has 24 heavy (non-hydrogen) atoms. The first-order valence-corrected chi connectivity index (χ1v) is 8.22. The van der Waals surface area contributed by atoms with E-state index in [0.717, 1.165) is 10.4 Å². The second-order valence-corrected chi connectivity index (χ2v) is 6.80. The molecule has 0 spiro atoms. The minimum atomic E-state index is -0.682. The van der Waals surface area contributed by atoms with E-state index >= 15 is 0 Å². The summed E-state index contributed by atoms with van der Waals surface area (Å²) in [6.07, 6.45) is -0.304. The Bertz CT molecular complexity index is 803. The summed E-state index contributed by atoms with van der Waals surface area (Å²) in [5.74, 6) is -0.283. The minimum Gasteiger partial charge on any atom is -0.382 e. The van der Waals surface area contributed by atoms with Crippen LogP contribution in [0.5, 0.6) is 0 Å². The summed E-state index contributed by atoms with van der Waals surface area (Å²) < 4.78 is 0.652. The Kier molecular flexibility index (Phi) is 4.77. The molecule has 2 heterocycles. The summed E-state index contributed by atoms with van der Waals surface area (Å²) in [6.45, 7) is 0.261. The van der Waals surface area contributed by atoms with Gasteiger partial charge in [-0.1, -0.05) is 28.9 Å². The molecule has 124 valence electrons. The number of nitro benzene ring substituents is 1. The van der Waals surface area contributed by atoms with Crippen LogP contribution in [0.25, 0.3) is 0 Å². The van der Waals surface area contributed by atoms with Crippen LogP contribution < -0.4 is 5.32 Å². The van der Waals surface area contributed by atoms with E-state index in [2.05, 4.69) is 10.5 Å². The van der Waals surface area contributed by atoms with Crippen molar-refractivity contribution in [2.24, 2.45) is 5.16 Å². The fraction of sp³-hybridized carbons (Fsp3) is 0.200. The number of hydrogen-bond acceptors (Lipinski definition) is 6. The van der Waals surface area contributed by atoms with Crippen molar-refractivity contribution in [2.75, 3.05) is 0 Å². The van der Waals surface area contributed by atoms with Gasteiger partial charge in [-0.15, -0.1) is 11.3 Å². The van der Waals surface area contributed by atoms with Crippen molar-refractivity contribution in [2.45, 2.75) is 19.1 Å². The van der Waals surface area contributed by atoms with Crippen molar-refractivity contribution in [1.82, 2.24) is 5.32 Å². The van der Waals surface area contributed by atoms with Gasteiger partial charge in [-0.3, -0.25) is 14.9 Å². The maximum Gasteiger partial charge on any atom is 0.269 e. The van der Waals surface area contributed by atoms with Crippen molar-refractivity contribution in [1.29, 1.82) is 0 Å². The molecule has 1 atom stereocenters. The van der Waals surface area contributed by atoms with Gasteiger partial charge in [0.25, 0.3) is 11.6 Å². The number of rotatable bonds is 5. The normalized spacial score (nSPS) is 16.4. The van der Waals surface area contributed by atoms with E-state index in [4.69, 9.17) is 16.4 Å². The van der Waals surface area contributed by atoms with Gasteiger partial charge in [0.05, 0.1) is 14.1 Å². The fourth-order valence-electron chi connectivity index (χ4n) is 2.17. The van der Waals surface area contributed by atoms with Crippen molar-refractivity contribution in [3.05, 3.63) is 61.3 Å². The van der Waals surface area contributed by atoms with Gasteiger partial charge in [0.1, 0.15) is 5.71 Å². The molecule has 1 aromatic heterocycles. The second kappa shape index (κ2) is 6.98. The highest BCUT2D eigenvalue weighted by Crippen LogP contribution is 2.26. The zero-order valence-electron chi connectivity index (χ0n) is 12.3. The van der Waals surface area contributed by atoms with Gasteiger partial charge in [0, 0.05) is 25.1 Å². The third-order valence-electron chi connectivity index (χ3n) is 3.43. The summed E-state index contributed by atoms with van der Waals surface area (Å²) in [7, 11) is 0. The number of benzene rings is 1. The van der Waals surface area contributed by atoms with Crippen molar-refractivity contribution < 1.29 is 14.6 Å². The highest BCUT2D eigenvalue weighted by molar-refractivity contribution is 7.18. The van der Waals surface area contributed by atoms with Gasteiger partial charge in [-0.2, -0.15) is 0 Å². The van der Waals surface area contributed by atoms with Crippen LogP contribution in [0.1, 0.15) is 16.9 Å². The van der Waals surface area contributed by atoms with Crippen molar-refractivity contribution >= 4 is 40.2 Å². The smallest absolute Gasteiger partial charge is 0.269 e. The maximum atomic E-state index is 12.1. The molecule has 1 aliphatic rings. The first-order chi connectivity index (χ1) is 11.5. The number of amides is 1. The van der Waals surface area contributed by atoms with Crippen molar-refractivity contribution in [3.8, 4) is 0 Å². The molecule has 0 saturated heterocycles. The summed E-state index contributed by atoms with van der Waals surface area (Å²) in [5.41, 5.74) is 1.47. The molecule has 7 nitrogen and oxygen atoms in total. The predicted octanol–water partition coefficient (Wildman–Crippen LogP) is 3.12. The second-order valence-electron chi connectivity index (χ2n) is 5.08. The van der Waals surface area contributed by atoms with E-state index in [-0.39, 0.29) is 18.1 Å². The van der Waals surface area contributed by atoms with Gasteiger partial charge in [0.15, 0.2) is 0 Å². The first kappa shape index (κ1) is 16.4. The number of carbonyl (C=O) groups excluding carboxylic acids is 1. The number of hydrogen-bond donors (Lipinski definition) is 1. The Morgan fingerprint density at radius 2 is 2.12 bits per heavy atom. The van der Waals surface area contributed by atoms with Crippen LogP contribution in [0.3, 0.4) is 0 Å². The molecule has 1 aromatic carbocycles. The Morgan fingerprint density at radius 1 is 1.38 bits per heavy atom. The summed E-state index contributed by atoms with van der Waals surface area (Å²) >= 11 is 7.27. The highest BCUT2D eigenvalue weighted by atomic mass is 35.5. The lowest BCUT2D eigenvalue weighted by molar-refractivity contribution is -0.384. The number of oxime groups is 1. The summed E-state index contributed by atoms with van der Waals surface area (Å²) in [6, 6.07) is 9.61. The van der Waals surface area contributed by atoms with Crippen LogP contribution in [0.4, 0.5) is 5.69 Å². The third-order valence-corrected chi connectivity index (χ3v) is 4.71. The number of thiophene rings is 1. The SMILES string of the molecule is O=C(NCc1ccc([N+](=O)[O-])cc1)[C@H]1CC(c2ccc(Cl)s2)=NO1. The van der Waals surface area contributed by atoms with Gasteiger partial charge in [0.2, 0.25) is 6.10 Å². The van der Waals surface area contributed by atoms with E-state index in [1.165, 1.54) is 23.5 Å². The molecule has 0 saturated carbocycles. The predicted molar refractivity (Wildman–Crippen MR) is 90.3 cm³/mol. The number of nitro groups is 1. The molecule has 9 heteroatoms. The molecule has 0 aliphatic carbocycles. The van der Waals surface area contributed by atoms with Crippen LogP contribution in [0.2, 0.25) is 4.34 Å². The molecule has 1 N–H and O–H groups in total. The lowest BCUT2D eigenvalue weighted by atomic mass is 10.1. The van der Waals surface area contributed by atoms with Crippen LogP contribution >= 0.6 is 22.9 Å². The Balaban J connectivity index is 1.52. The maximum absolute atomic E-state index is 12.1. The van der Waals surface area contributed by atoms with Crippen LogP contribution in [-0.4, -0.2) is 22.6 Å². The standard InChI is InChI=1S/C15H12ClN3O4S/c16-14-6-5-13(24-14)11-7-12(23-18-11)15(20)17-8-9-1-3-10(4-2-9)19(21)22/h1-6,12H,7-8H2,(H,17,20)/t12-/m1/s1. The average Bonchev–Trinajstić information content (AvgIpc) is 3.22. The Morgan fingerprint density at radius 3 is 2.75 bits per heavy atom. The molecular weight excluding hydrogens is 354 g/mol. The van der Waals surface area contributed by atoms with Gasteiger partial charge in [-0.05, 0) is 17.7 Å². The van der Waals surface area contributed by atoms with Crippen LogP contribution in [-0.2, 0) is 16.2 Å². The molecule has 0 fully saturated rings. The van der Waals surface area contributed by atoms with Crippen LogP contribution in [0.15, 0.2) is 41.6 Å². The van der Waals surface area contributed by atoms with E-state index in [1.54, 1.807) is 18.2 Å². The number of halogens is 1. The number of nitrogens with zero attached hydrogens (tertiary/aromatic N) is 2. The van der Waals surface area contributed by atoms with E-state index in [1.807, 2.05) is 6.07 Å². The Labute approximate surface area is 146 Å². The topological polar surface area (TPSA) is 93.8 Å². The lowest BCUT2D eigenvalue weighted by Gasteiger charge is -2.09. The van der Waals surface area contributed by atoms with Crippen LogP contribution in [0, 0.1) is 10.1 Å². The van der Waals surface area contributed by atoms with Gasteiger partial charge < -0.3 is 10.2 Å². The quantitative estimate of drug-likeness (QED) is 0.650. The summed E-state index contributed by atoms with van der Waals surface area (Å²) in [5, 5.41) is 17.3. The minimum absolute atomic E-state index is 0.0110. The number of non-ortho nitro benzene ring substituents is 1. The highest BCUT2D eigenvalue weighted by Gasteiger charge is 2.29. The molecule has 1 aliphatic heterocycles. The van der Waals surface area contributed by atoms with Gasteiger partial charge in [-0.25, -0.2) is 0 Å². The Hall–Kier alpha value is -2.45. The van der Waals surface area contributed by atoms with E-state index in [0.29, 0.717) is 16.5 Å². The number of nitrogens with one attached hydrogen (secondary N) is 1. The molecule has 0 bridgehead atoms. The van der Waals surface area contributed by atoms with E-state index in [9.17, 15) is 14.9 Å². The molecule has 2 aromatic rings. The van der Waals surface area contributed by atoms with Crippen molar-refractivity contribution in [3.63, 3.8) is 0 Å². The van der Waals surface area contributed by atoms with Gasteiger partial charge >= 0.3 is 0 Å². The molecule has 1 amide bonds. The zero-order chi connectivity index (χ0) is 17.1. The molecular formula is C15H12ClN3O4S. The first-order valence-electron chi connectivity index (χ1n) is 7.02. The lowest BCUT2D eigenvalue weighted by Crippen LogP contribution is -2.34. The number of carbonyl (C=O) groups is 1. The molecule has 0 unspecified atom stereocenters. The molecule has 0 radical (unpaired) electrons. The monoisotopic (exact) mass is 365 g/mol. The van der Waals surface area contributed by atoms with E-state index < -0.39 is 11.0 Å². The average molecular weight is 366 g/mol.